The Labute approximate surface area is 114 Å². The fraction of sp³-hybridized carbons (Fsp3) is 0.600. The molecule has 106 valence electrons. The van der Waals surface area contributed by atoms with Crippen molar-refractivity contribution in [1.29, 1.82) is 0 Å². The number of benzene rings is 1. The van der Waals surface area contributed by atoms with Crippen LogP contribution in [0.1, 0.15) is 37.8 Å². The van der Waals surface area contributed by atoms with E-state index in [0.717, 1.165) is 24.9 Å². The molecule has 0 heterocycles. The van der Waals surface area contributed by atoms with Gasteiger partial charge < -0.3 is 20.6 Å². The zero-order valence-corrected chi connectivity index (χ0v) is 11.3. The smallest absolute Gasteiger partial charge is 0.119 e. The fourth-order valence-corrected chi connectivity index (χ4v) is 2.94. The van der Waals surface area contributed by atoms with Crippen molar-refractivity contribution in [1.82, 2.24) is 5.32 Å². The molecule has 19 heavy (non-hydrogen) atoms. The molecule has 0 aromatic heterocycles. The number of aromatic hydroxyl groups is 2. The highest BCUT2D eigenvalue weighted by Gasteiger charge is 2.26. The van der Waals surface area contributed by atoms with E-state index < -0.39 is 0 Å². The quantitative estimate of drug-likeness (QED) is 0.658. The second-order valence-corrected chi connectivity index (χ2v) is 5.55. The topological polar surface area (TPSA) is 72.7 Å². The Bertz CT molecular complexity index is 402. The molecule has 0 spiro atoms. The Hall–Kier alpha value is -1.26. The third-order valence-electron chi connectivity index (χ3n) is 4.16. The number of phenolic OH excluding ortho intramolecular Hbond substituents is 2. The van der Waals surface area contributed by atoms with Gasteiger partial charge in [0, 0.05) is 18.7 Å². The molecule has 3 unspecified atom stereocenters. The van der Waals surface area contributed by atoms with Crippen LogP contribution in [-0.2, 0) is 0 Å². The van der Waals surface area contributed by atoms with Crippen LogP contribution in [0.5, 0.6) is 11.5 Å². The highest BCUT2D eigenvalue weighted by molar-refractivity contribution is 5.37. The lowest BCUT2D eigenvalue weighted by Gasteiger charge is -2.21. The lowest BCUT2D eigenvalue weighted by Crippen LogP contribution is -2.28. The van der Waals surface area contributed by atoms with Crippen LogP contribution < -0.4 is 5.32 Å². The van der Waals surface area contributed by atoms with Gasteiger partial charge in [0.25, 0.3) is 0 Å². The van der Waals surface area contributed by atoms with Crippen LogP contribution in [0.2, 0.25) is 0 Å². The van der Waals surface area contributed by atoms with Gasteiger partial charge in [-0.1, -0.05) is 6.42 Å². The van der Waals surface area contributed by atoms with Gasteiger partial charge in [-0.3, -0.25) is 0 Å². The summed E-state index contributed by atoms with van der Waals surface area (Å²) >= 11 is 0. The van der Waals surface area contributed by atoms with Crippen LogP contribution in [0, 0.1) is 11.8 Å². The van der Waals surface area contributed by atoms with Gasteiger partial charge in [-0.15, -0.1) is 0 Å². The average molecular weight is 265 g/mol. The summed E-state index contributed by atoms with van der Waals surface area (Å²) in [5.74, 6) is 1.10. The number of aliphatic hydroxyl groups excluding tert-OH is 1. The number of hydrogen-bond acceptors (Lipinski definition) is 4. The SMILES string of the molecule is CC(NCC1CCCC1CO)c1cc(O)cc(O)c1. The minimum atomic E-state index is 0.0675. The maximum atomic E-state index is 9.48. The molecule has 4 nitrogen and oxygen atoms in total. The fourth-order valence-electron chi connectivity index (χ4n) is 2.94. The standard InChI is InChI=1S/C15H23NO3/c1-10(13-5-14(18)7-15(19)6-13)16-8-11-3-2-4-12(11)9-17/h5-7,10-12,16-19H,2-4,8-9H2,1H3. The zero-order chi connectivity index (χ0) is 13.8. The lowest BCUT2D eigenvalue weighted by molar-refractivity contribution is 0.190. The van der Waals surface area contributed by atoms with E-state index in [1.807, 2.05) is 6.92 Å². The first kappa shape index (κ1) is 14.2. The van der Waals surface area contributed by atoms with E-state index in [4.69, 9.17) is 0 Å². The monoisotopic (exact) mass is 265 g/mol. The third-order valence-corrected chi connectivity index (χ3v) is 4.16. The maximum Gasteiger partial charge on any atom is 0.119 e. The third kappa shape index (κ3) is 3.61. The molecule has 2 rings (SSSR count). The molecule has 3 atom stereocenters. The molecule has 1 saturated carbocycles. The summed E-state index contributed by atoms with van der Waals surface area (Å²) in [4.78, 5) is 0. The number of aliphatic hydroxyl groups is 1. The van der Waals surface area contributed by atoms with Crippen molar-refractivity contribution in [2.75, 3.05) is 13.2 Å². The summed E-state index contributed by atoms with van der Waals surface area (Å²) in [6, 6.07) is 4.72. The molecular weight excluding hydrogens is 242 g/mol. The van der Waals surface area contributed by atoms with Crippen LogP contribution in [0.15, 0.2) is 18.2 Å². The predicted octanol–water partition coefficient (Wildman–Crippen LogP) is 2.16. The highest BCUT2D eigenvalue weighted by atomic mass is 16.3. The summed E-state index contributed by atoms with van der Waals surface area (Å²) in [7, 11) is 0. The molecule has 4 N–H and O–H groups in total. The number of hydrogen-bond donors (Lipinski definition) is 4. The van der Waals surface area contributed by atoms with Gasteiger partial charge >= 0.3 is 0 Å². The summed E-state index contributed by atoms with van der Waals surface area (Å²) in [5.41, 5.74) is 0.871. The largest absolute Gasteiger partial charge is 0.508 e. The first-order chi connectivity index (χ1) is 9.10. The number of nitrogens with one attached hydrogen (secondary N) is 1. The molecule has 1 aromatic rings. The van der Waals surface area contributed by atoms with Gasteiger partial charge in [0.05, 0.1) is 0 Å². The molecule has 1 fully saturated rings. The lowest BCUT2D eigenvalue weighted by atomic mass is 9.96. The molecule has 4 heteroatoms. The molecule has 0 amide bonds. The van der Waals surface area contributed by atoms with Crippen molar-refractivity contribution in [2.45, 2.75) is 32.2 Å². The second kappa shape index (κ2) is 6.26. The van der Waals surface area contributed by atoms with Gasteiger partial charge in [-0.2, -0.15) is 0 Å². The highest BCUT2D eigenvalue weighted by Crippen LogP contribution is 2.31. The van der Waals surface area contributed by atoms with Crippen molar-refractivity contribution in [3.63, 3.8) is 0 Å². The van der Waals surface area contributed by atoms with Crippen molar-refractivity contribution in [2.24, 2.45) is 11.8 Å². The first-order valence-electron chi connectivity index (χ1n) is 6.97. The van der Waals surface area contributed by atoms with Gasteiger partial charge in [0.2, 0.25) is 0 Å². The second-order valence-electron chi connectivity index (χ2n) is 5.55. The average Bonchev–Trinajstić information content (AvgIpc) is 2.82. The first-order valence-corrected chi connectivity index (χ1v) is 6.97. The van der Waals surface area contributed by atoms with Gasteiger partial charge in [-0.25, -0.2) is 0 Å². The summed E-state index contributed by atoms with van der Waals surface area (Å²) in [6.45, 7) is 3.15. The Balaban J connectivity index is 1.91. The Morgan fingerprint density at radius 1 is 1.16 bits per heavy atom. The minimum absolute atomic E-state index is 0.0675. The van der Waals surface area contributed by atoms with Gasteiger partial charge in [-0.05, 0) is 55.8 Å². The zero-order valence-electron chi connectivity index (χ0n) is 11.3. The van der Waals surface area contributed by atoms with Crippen molar-refractivity contribution in [3.8, 4) is 11.5 Å². The van der Waals surface area contributed by atoms with E-state index in [2.05, 4.69) is 5.32 Å². The van der Waals surface area contributed by atoms with E-state index in [1.165, 1.54) is 12.5 Å². The molecule has 0 bridgehead atoms. The normalized spacial score (nSPS) is 24.5. The molecule has 0 radical (unpaired) electrons. The summed E-state index contributed by atoms with van der Waals surface area (Å²) in [5, 5.41) is 31.7. The number of rotatable bonds is 5. The van der Waals surface area contributed by atoms with E-state index in [0.29, 0.717) is 11.8 Å². The van der Waals surface area contributed by atoms with E-state index in [-0.39, 0.29) is 24.1 Å². The molecule has 0 aliphatic heterocycles. The van der Waals surface area contributed by atoms with Gasteiger partial charge in [0.1, 0.15) is 11.5 Å². The van der Waals surface area contributed by atoms with E-state index >= 15 is 0 Å². The predicted molar refractivity (Wildman–Crippen MR) is 74.1 cm³/mol. The van der Waals surface area contributed by atoms with Gasteiger partial charge in [0.15, 0.2) is 0 Å². The van der Waals surface area contributed by atoms with Crippen molar-refractivity contribution < 1.29 is 15.3 Å². The van der Waals surface area contributed by atoms with Crippen LogP contribution in [0.4, 0.5) is 0 Å². The van der Waals surface area contributed by atoms with Crippen LogP contribution in [0.25, 0.3) is 0 Å². The summed E-state index contributed by atoms with van der Waals surface area (Å²) in [6.07, 6.45) is 3.47. The van der Waals surface area contributed by atoms with Crippen molar-refractivity contribution in [3.05, 3.63) is 23.8 Å². The van der Waals surface area contributed by atoms with E-state index in [9.17, 15) is 15.3 Å². The van der Waals surface area contributed by atoms with Crippen LogP contribution >= 0.6 is 0 Å². The van der Waals surface area contributed by atoms with Crippen molar-refractivity contribution >= 4 is 0 Å². The molecule has 1 aliphatic rings. The Morgan fingerprint density at radius 2 is 1.79 bits per heavy atom. The number of phenols is 2. The Kier molecular flexibility index (Phi) is 4.66. The molecule has 0 saturated heterocycles. The Morgan fingerprint density at radius 3 is 2.42 bits per heavy atom. The maximum absolute atomic E-state index is 9.48. The van der Waals surface area contributed by atoms with Crippen LogP contribution in [0.3, 0.4) is 0 Å². The molecular formula is C15H23NO3. The van der Waals surface area contributed by atoms with Crippen LogP contribution in [-0.4, -0.2) is 28.5 Å². The molecule has 1 aliphatic carbocycles. The molecule has 1 aromatic carbocycles. The van der Waals surface area contributed by atoms with E-state index in [1.54, 1.807) is 12.1 Å². The minimum Gasteiger partial charge on any atom is -0.508 e. The summed E-state index contributed by atoms with van der Waals surface area (Å²) < 4.78 is 0.